The highest BCUT2D eigenvalue weighted by Gasteiger charge is 2.24. The molecule has 0 aliphatic rings. The Morgan fingerprint density at radius 2 is 1.90 bits per heavy atom. The van der Waals surface area contributed by atoms with Crippen LogP contribution in [-0.4, -0.2) is 44.4 Å². The minimum absolute atomic E-state index is 0.0172. The van der Waals surface area contributed by atoms with E-state index in [4.69, 9.17) is 0 Å². The Morgan fingerprint density at radius 3 is 2.40 bits per heavy atom. The van der Waals surface area contributed by atoms with Crippen LogP contribution in [-0.2, 0) is 16.6 Å². The van der Waals surface area contributed by atoms with Crippen molar-refractivity contribution in [3.05, 3.63) is 29.8 Å². The zero-order chi connectivity index (χ0) is 15.2. The summed E-state index contributed by atoms with van der Waals surface area (Å²) >= 11 is 1.65. The van der Waals surface area contributed by atoms with Gasteiger partial charge >= 0.3 is 0 Å². The molecule has 6 heteroatoms. The fraction of sp³-hybridized carbons (Fsp3) is 0.571. The van der Waals surface area contributed by atoms with Crippen LogP contribution in [0.5, 0.6) is 0 Å². The molecular formula is C14H24N2O2S2. The van der Waals surface area contributed by atoms with Crippen LogP contribution in [0, 0.1) is 0 Å². The number of nitrogens with one attached hydrogen (secondary N) is 1. The number of benzene rings is 1. The van der Waals surface area contributed by atoms with Crippen LogP contribution in [0.25, 0.3) is 0 Å². The van der Waals surface area contributed by atoms with Crippen molar-refractivity contribution in [2.45, 2.75) is 31.3 Å². The smallest absolute Gasteiger partial charge is 0.243 e. The predicted octanol–water partition coefficient (Wildman–Crippen LogP) is 2.17. The van der Waals surface area contributed by atoms with Gasteiger partial charge in [-0.15, -0.1) is 0 Å². The largest absolute Gasteiger partial charge is 0.313 e. The van der Waals surface area contributed by atoms with Gasteiger partial charge < -0.3 is 5.32 Å². The van der Waals surface area contributed by atoms with Crippen LogP contribution in [0.3, 0.4) is 0 Å². The van der Waals surface area contributed by atoms with Crippen LogP contribution in [0.1, 0.15) is 19.4 Å². The molecule has 0 fully saturated rings. The van der Waals surface area contributed by atoms with Gasteiger partial charge in [0.2, 0.25) is 10.0 Å². The van der Waals surface area contributed by atoms with E-state index in [1.807, 2.05) is 32.2 Å². The molecule has 0 aliphatic heterocycles. The molecule has 0 radical (unpaired) electrons. The Balaban J connectivity index is 2.87. The predicted molar refractivity (Wildman–Crippen MR) is 86.6 cm³/mol. The number of rotatable bonds is 8. The molecule has 114 valence electrons. The van der Waals surface area contributed by atoms with Gasteiger partial charge in [-0.05, 0) is 37.4 Å². The van der Waals surface area contributed by atoms with E-state index in [1.54, 1.807) is 30.9 Å². The standard InChI is InChI=1S/C14H24N2O2S2/c1-5-15-10-13-6-8-14(9-7-13)20(17,18)16(3)12(2)11-19-4/h6-9,12,15H,5,10-11H2,1-4H3. The summed E-state index contributed by atoms with van der Waals surface area (Å²) in [5, 5.41) is 3.22. The molecule has 0 heterocycles. The quantitative estimate of drug-likeness (QED) is 0.798. The van der Waals surface area contributed by atoms with Crippen molar-refractivity contribution in [3.63, 3.8) is 0 Å². The molecule has 20 heavy (non-hydrogen) atoms. The molecule has 1 N–H and O–H groups in total. The summed E-state index contributed by atoms with van der Waals surface area (Å²) in [6.07, 6.45) is 1.98. The SMILES string of the molecule is CCNCc1ccc(S(=O)(=O)N(C)C(C)CSC)cc1. The molecular weight excluding hydrogens is 292 g/mol. The first kappa shape index (κ1) is 17.5. The van der Waals surface area contributed by atoms with Crippen LogP contribution in [0.4, 0.5) is 0 Å². The molecule has 0 aliphatic carbocycles. The molecule has 1 aromatic carbocycles. The molecule has 0 bridgehead atoms. The van der Waals surface area contributed by atoms with Crippen LogP contribution < -0.4 is 5.32 Å². The second-order valence-electron chi connectivity index (χ2n) is 4.75. The molecule has 0 spiro atoms. The maximum absolute atomic E-state index is 12.5. The summed E-state index contributed by atoms with van der Waals surface area (Å²) in [5.74, 6) is 0.786. The molecule has 0 amide bonds. The maximum atomic E-state index is 12.5. The van der Waals surface area contributed by atoms with E-state index in [0.29, 0.717) is 4.90 Å². The van der Waals surface area contributed by atoms with Crippen LogP contribution >= 0.6 is 11.8 Å². The molecule has 1 rings (SSSR count). The van der Waals surface area contributed by atoms with Crippen molar-refractivity contribution in [3.8, 4) is 0 Å². The number of hydrogen-bond acceptors (Lipinski definition) is 4. The van der Waals surface area contributed by atoms with Crippen molar-refractivity contribution < 1.29 is 8.42 Å². The Morgan fingerprint density at radius 1 is 1.30 bits per heavy atom. The van der Waals surface area contributed by atoms with E-state index in [1.165, 1.54) is 4.31 Å². The third kappa shape index (κ3) is 4.48. The first-order valence-corrected chi connectivity index (χ1v) is 9.53. The van der Waals surface area contributed by atoms with Gasteiger partial charge in [-0.2, -0.15) is 16.1 Å². The van der Waals surface area contributed by atoms with E-state index in [9.17, 15) is 8.42 Å². The Hall–Kier alpha value is -0.560. The zero-order valence-corrected chi connectivity index (χ0v) is 14.2. The normalized spacial score (nSPS) is 13.7. The lowest BCUT2D eigenvalue weighted by atomic mass is 10.2. The van der Waals surface area contributed by atoms with Gasteiger partial charge in [-0.3, -0.25) is 0 Å². The van der Waals surface area contributed by atoms with Crippen molar-refractivity contribution in [1.82, 2.24) is 9.62 Å². The van der Waals surface area contributed by atoms with Gasteiger partial charge in [0.25, 0.3) is 0 Å². The fourth-order valence-electron chi connectivity index (χ4n) is 1.80. The summed E-state index contributed by atoms with van der Waals surface area (Å²) in [6.45, 7) is 5.62. The number of nitrogens with zero attached hydrogens (tertiary/aromatic N) is 1. The number of thioether (sulfide) groups is 1. The molecule has 1 atom stereocenters. The highest BCUT2D eigenvalue weighted by atomic mass is 32.2. The lowest BCUT2D eigenvalue weighted by molar-refractivity contribution is 0.415. The molecule has 1 aromatic rings. The minimum atomic E-state index is -3.40. The van der Waals surface area contributed by atoms with Crippen LogP contribution in [0.15, 0.2) is 29.2 Å². The second kappa shape index (κ2) is 8.02. The third-order valence-electron chi connectivity index (χ3n) is 3.21. The lowest BCUT2D eigenvalue weighted by Gasteiger charge is -2.23. The summed E-state index contributed by atoms with van der Waals surface area (Å²) in [7, 11) is -1.76. The van der Waals surface area contributed by atoms with Gasteiger partial charge in [0.1, 0.15) is 0 Å². The van der Waals surface area contributed by atoms with E-state index in [2.05, 4.69) is 5.32 Å². The lowest BCUT2D eigenvalue weighted by Crippen LogP contribution is -2.36. The average molecular weight is 316 g/mol. The van der Waals surface area contributed by atoms with Crippen LogP contribution in [0.2, 0.25) is 0 Å². The van der Waals surface area contributed by atoms with Crippen molar-refractivity contribution in [1.29, 1.82) is 0 Å². The molecule has 0 aromatic heterocycles. The second-order valence-corrected chi connectivity index (χ2v) is 7.66. The van der Waals surface area contributed by atoms with E-state index < -0.39 is 10.0 Å². The van der Waals surface area contributed by atoms with Gasteiger partial charge in [-0.25, -0.2) is 8.42 Å². The van der Waals surface area contributed by atoms with Gasteiger partial charge in [0.05, 0.1) is 4.90 Å². The first-order chi connectivity index (χ1) is 9.43. The highest BCUT2D eigenvalue weighted by molar-refractivity contribution is 7.98. The average Bonchev–Trinajstić information content (AvgIpc) is 2.45. The summed E-state index contributed by atoms with van der Waals surface area (Å²) < 4.78 is 26.4. The molecule has 0 saturated heterocycles. The summed E-state index contributed by atoms with van der Waals surface area (Å²) in [5.41, 5.74) is 1.09. The first-order valence-electron chi connectivity index (χ1n) is 6.70. The third-order valence-corrected chi connectivity index (χ3v) is 6.01. The van der Waals surface area contributed by atoms with E-state index in [0.717, 1.165) is 24.4 Å². The molecule has 1 unspecified atom stereocenters. The van der Waals surface area contributed by atoms with Crippen molar-refractivity contribution in [2.75, 3.05) is 25.6 Å². The summed E-state index contributed by atoms with van der Waals surface area (Å²) in [6, 6.07) is 7.08. The number of sulfonamides is 1. The Bertz CT molecular complexity index is 500. The monoisotopic (exact) mass is 316 g/mol. The Kier molecular flexibility index (Phi) is 7.02. The van der Waals surface area contributed by atoms with E-state index in [-0.39, 0.29) is 6.04 Å². The fourth-order valence-corrected chi connectivity index (χ4v) is 3.96. The number of hydrogen-bond donors (Lipinski definition) is 1. The van der Waals surface area contributed by atoms with Gasteiger partial charge in [0, 0.05) is 25.4 Å². The summed E-state index contributed by atoms with van der Waals surface area (Å²) in [4.78, 5) is 0.355. The van der Waals surface area contributed by atoms with E-state index >= 15 is 0 Å². The zero-order valence-electron chi connectivity index (χ0n) is 12.6. The van der Waals surface area contributed by atoms with Gasteiger partial charge in [0.15, 0.2) is 0 Å². The Labute approximate surface area is 127 Å². The van der Waals surface area contributed by atoms with Crippen molar-refractivity contribution >= 4 is 21.8 Å². The van der Waals surface area contributed by atoms with Gasteiger partial charge in [-0.1, -0.05) is 19.1 Å². The minimum Gasteiger partial charge on any atom is -0.313 e. The maximum Gasteiger partial charge on any atom is 0.243 e. The molecule has 4 nitrogen and oxygen atoms in total. The highest BCUT2D eigenvalue weighted by Crippen LogP contribution is 2.18. The van der Waals surface area contributed by atoms with Crippen molar-refractivity contribution in [2.24, 2.45) is 0 Å². The molecule has 0 saturated carbocycles. The topological polar surface area (TPSA) is 49.4 Å².